The highest BCUT2D eigenvalue weighted by Crippen LogP contribution is 2.34. The van der Waals surface area contributed by atoms with Gasteiger partial charge in [-0.05, 0) is 99.0 Å². The molecular formula is C28H25FN4O2. The molecule has 1 aliphatic rings. The topological polar surface area (TPSA) is 67.2 Å². The molecule has 1 aromatic heterocycles. The van der Waals surface area contributed by atoms with Crippen molar-refractivity contribution in [1.29, 1.82) is 0 Å². The maximum absolute atomic E-state index is 13.4. The van der Waals surface area contributed by atoms with Gasteiger partial charge in [0.2, 0.25) is 0 Å². The molecule has 4 aromatic rings. The zero-order valence-corrected chi connectivity index (χ0v) is 19.6. The third-order valence-electron chi connectivity index (χ3n) is 6.22. The number of carbonyl (C=O) groups is 2. The lowest BCUT2D eigenvalue weighted by atomic mass is 9.98. The molecule has 0 radical (unpaired) electrons. The van der Waals surface area contributed by atoms with Crippen LogP contribution in [-0.2, 0) is 6.42 Å². The number of amides is 2. The van der Waals surface area contributed by atoms with Crippen LogP contribution < -0.4 is 10.2 Å². The number of halogens is 1. The highest BCUT2D eigenvalue weighted by Gasteiger charge is 2.26. The van der Waals surface area contributed by atoms with Gasteiger partial charge in [-0.15, -0.1) is 0 Å². The molecule has 0 saturated carbocycles. The Balaban J connectivity index is 1.39. The largest absolute Gasteiger partial charge is 0.322 e. The van der Waals surface area contributed by atoms with Crippen LogP contribution in [0.2, 0.25) is 0 Å². The number of aromatic nitrogens is 2. The van der Waals surface area contributed by atoms with Crippen LogP contribution in [0.1, 0.15) is 44.1 Å². The molecule has 3 aromatic carbocycles. The monoisotopic (exact) mass is 468 g/mol. The summed E-state index contributed by atoms with van der Waals surface area (Å²) in [5, 5.41) is 7.43. The van der Waals surface area contributed by atoms with E-state index in [4.69, 9.17) is 0 Å². The van der Waals surface area contributed by atoms with E-state index in [1.165, 1.54) is 24.3 Å². The van der Waals surface area contributed by atoms with Crippen LogP contribution in [0.15, 0.2) is 72.8 Å². The lowest BCUT2D eigenvalue weighted by molar-refractivity contribution is 0.0984. The SMILES string of the molecule is Cc1cc(C)n(-c2ccc(C(=O)N3CCCc4c(NC(=O)c5ccc(F)cc5)cccc43)cc2)n1. The molecule has 0 aliphatic carbocycles. The predicted molar refractivity (Wildman–Crippen MR) is 134 cm³/mol. The Labute approximate surface area is 203 Å². The Bertz CT molecular complexity index is 1410. The van der Waals surface area contributed by atoms with E-state index in [0.29, 0.717) is 23.4 Å². The molecular weight excluding hydrogens is 443 g/mol. The maximum atomic E-state index is 13.4. The van der Waals surface area contributed by atoms with Gasteiger partial charge in [0, 0.05) is 34.7 Å². The molecule has 176 valence electrons. The number of anilines is 2. The number of fused-ring (bicyclic) bond motifs is 1. The van der Waals surface area contributed by atoms with E-state index in [1.807, 2.05) is 67.1 Å². The quantitative estimate of drug-likeness (QED) is 0.432. The molecule has 7 heteroatoms. The molecule has 1 N–H and O–H groups in total. The van der Waals surface area contributed by atoms with Crippen molar-refractivity contribution in [2.45, 2.75) is 26.7 Å². The molecule has 0 atom stereocenters. The number of hydrogen-bond donors (Lipinski definition) is 1. The van der Waals surface area contributed by atoms with Crippen LogP contribution in [0.25, 0.3) is 5.69 Å². The predicted octanol–water partition coefficient (Wildman–Crippen LogP) is 5.47. The Morgan fingerprint density at radius 1 is 0.943 bits per heavy atom. The molecule has 0 fully saturated rings. The van der Waals surface area contributed by atoms with Gasteiger partial charge in [0.05, 0.1) is 11.4 Å². The minimum absolute atomic E-state index is 0.0899. The first-order valence-electron chi connectivity index (χ1n) is 11.5. The van der Waals surface area contributed by atoms with Gasteiger partial charge in [-0.25, -0.2) is 9.07 Å². The minimum Gasteiger partial charge on any atom is -0.322 e. The first-order valence-corrected chi connectivity index (χ1v) is 11.5. The molecule has 0 saturated heterocycles. The maximum Gasteiger partial charge on any atom is 0.258 e. The fourth-order valence-corrected chi connectivity index (χ4v) is 4.54. The highest BCUT2D eigenvalue weighted by molar-refractivity contribution is 6.08. The van der Waals surface area contributed by atoms with Crippen LogP contribution in [0.5, 0.6) is 0 Å². The van der Waals surface area contributed by atoms with Crippen LogP contribution in [0.3, 0.4) is 0 Å². The third-order valence-corrected chi connectivity index (χ3v) is 6.22. The fraction of sp³-hybridized carbons (Fsp3) is 0.179. The lowest BCUT2D eigenvalue weighted by Crippen LogP contribution is -2.35. The summed E-state index contributed by atoms with van der Waals surface area (Å²) < 4.78 is 15.1. The summed E-state index contributed by atoms with van der Waals surface area (Å²) in [7, 11) is 0. The zero-order chi connectivity index (χ0) is 24.5. The van der Waals surface area contributed by atoms with Gasteiger partial charge < -0.3 is 10.2 Å². The van der Waals surface area contributed by atoms with E-state index in [1.54, 1.807) is 4.90 Å². The van der Waals surface area contributed by atoms with Crippen molar-refractivity contribution in [1.82, 2.24) is 9.78 Å². The number of aryl methyl sites for hydroxylation is 2. The molecule has 0 bridgehead atoms. The molecule has 35 heavy (non-hydrogen) atoms. The Morgan fingerprint density at radius 3 is 2.34 bits per heavy atom. The van der Waals surface area contributed by atoms with Crippen molar-refractivity contribution in [2.24, 2.45) is 0 Å². The minimum atomic E-state index is -0.393. The fourth-order valence-electron chi connectivity index (χ4n) is 4.54. The second-order valence-corrected chi connectivity index (χ2v) is 8.71. The average molecular weight is 469 g/mol. The smallest absolute Gasteiger partial charge is 0.258 e. The summed E-state index contributed by atoms with van der Waals surface area (Å²) in [6.45, 7) is 4.54. The van der Waals surface area contributed by atoms with Gasteiger partial charge in [-0.1, -0.05) is 6.07 Å². The first kappa shape index (κ1) is 22.5. The summed E-state index contributed by atoms with van der Waals surface area (Å²) in [6.07, 6.45) is 1.53. The van der Waals surface area contributed by atoms with Gasteiger partial charge in [0.15, 0.2) is 0 Å². The van der Waals surface area contributed by atoms with Crippen molar-refractivity contribution in [3.63, 3.8) is 0 Å². The molecule has 2 amide bonds. The normalized spacial score (nSPS) is 12.8. The van der Waals surface area contributed by atoms with Crippen molar-refractivity contribution < 1.29 is 14.0 Å². The summed E-state index contributed by atoms with van der Waals surface area (Å²) >= 11 is 0. The van der Waals surface area contributed by atoms with E-state index in [0.717, 1.165) is 41.2 Å². The summed E-state index contributed by atoms with van der Waals surface area (Å²) in [4.78, 5) is 27.9. The number of nitrogens with zero attached hydrogens (tertiary/aromatic N) is 3. The van der Waals surface area contributed by atoms with Crippen molar-refractivity contribution in [3.05, 3.63) is 107 Å². The van der Waals surface area contributed by atoms with Crippen LogP contribution in [-0.4, -0.2) is 28.1 Å². The van der Waals surface area contributed by atoms with Crippen LogP contribution >= 0.6 is 0 Å². The van der Waals surface area contributed by atoms with Gasteiger partial charge in [-0.2, -0.15) is 5.10 Å². The molecule has 5 rings (SSSR count). The summed E-state index contributed by atoms with van der Waals surface area (Å²) in [6, 6.07) is 20.4. The number of rotatable bonds is 4. The van der Waals surface area contributed by atoms with Crippen LogP contribution in [0.4, 0.5) is 15.8 Å². The Hall–Kier alpha value is -4.26. The second kappa shape index (κ2) is 9.18. The third kappa shape index (κ3) is 4.45. The highest BCUT2D eigenvalue weighted by atomic mass is 19.1. The van der Waals surface area contributed by atoms with E-state index in [2.05, 4.69) is 10.4 Å². The molecule has 0 spiro atoms. The second-order valence-electron chi connectivity index (χ2n) is 8.71. The van der Waals surface area contributed by atoms with Gasteiger partial charge in [0.25, 0.3) is 11.8 Å². The zero-order valence-electron chi connectivity index (χ0n) is 19.6. The van der Waals surface area contributed by atoms with Gasteiger partial charge in [-0.3, -0.25) is 9.59 Å². The van der Waals surface area contributed by atoms with Crippen LogP contribution in [0, 0.1) is 19.7 Å². The van der Waals surface area contributed by atoms with Gasteiger partial charge in [0.1, 0.15) is 5.82 Å². The Kier molecular flexibility index (Phi) is 5.91. The Morgan fingerprint density at radius 2 is 1.66 bits per heavy atom. The number of hydrogen-bond acceptors (Lipinski definition) is 3. The van der Waals surface area contributed by atoms with Gasteiger partial charge >= 0.3 is 0 Å². The summed E-state index contributed by atoms with van der Waals surface area (Å²) in [5.74, 6) is -0.801. The number of benzene rings is 3. The number of carbonyl (C=O) groups excluding carboxylic acids is 2. The molecule has 1 aliphatic heterocycles. The molecule has 2 heterocycles. The summed E-state index contributed by atoms with van der Waals surface area (Å²) in [5.41, 5.74) is 6.20. The van der Waals surface area contributed by atoms with E-state index >= 15 is 0 Å². The van der Waals surface area contributed by atoms with Crippen molar-refractivity contribution in [3.8, 4) is 5.69 Å². The number of nitrogens with one attached hydrogen (secondary N) is 1. The molecule has 6 nitrogen and oxygen atoms in total. The average Bonchev–Trinajstić information content (AvgIpc) is 3.21. The van der Waals surface area contributed by atoms with Crippen molar-refractivity contribution >= 4 is 23.2 Å². The molecule has 0 unspecified atom stereocenters. The van der Waals surface area contributed by atoms with E-state index < -0.39 is 5.82 Å². The standard InChI is InChI=1S/C28H25FN4O2/c1-18-17-19(2)33(31-18)23-14-10-21(11-15-23)28(35)32-16-4-5-24-25(6-3-7-26(24)32)30-27(34)20-8-12-22(29)13-9-20/h3,6-15,17H,4-5,16H2,1-2H3,(H,30,34). The van der Waals surface area contributed by atoms with Crippen molar-refractivity contribution in [2.75, 3.05) is 16.8 Å². The lowest BCUT2D eigenvalue weighted by Gasteiger charge is -2.31. The first-order chi connectivity index (χ1) is 16.9. The van der Waals surface area contributed by atoms with E-state index in [9.17, 15) is 14.0 Å². The van der Waals surface area contributed by atoms with E-state index in [-0.39, 0.29) is 11.8 Å².